The molecule has 106 valence electrons. The first kappa shape index (κ1) is 14.3. The molecule has 2 aromatic rings. The zero-order valence-electron chi connectivity index (χ0n) is 12.6. The molecule has 0 atom stereocenters. The van der Waals surface area contributed by atoms with Gasteiger partial charge in [0.2, 0.25) is 0 Å². The molecule has 0 bridgehead atoms. The molecule has 0 unspecified atom stereocenters. The van der Waals surface area contributed by atoms with Gasteiger partial charge in [0, 0.05) is 6.54 Å². The summed E-state index contributed by atoms with van der Waals surface area (Å²) in [4.78, 5) is 11.2. The number of nitrogens with one attached hydrogen (secondary N) is 1. The van der Waals surface area contributed by atoms with E-state index < -0.39 is 0 Å². The van der Waals surface area contributed by atoms with Crippen molar-refractivity contribution >= 4 is 11.5 Å². The van der Waals surface area contributed by atoms with Crippen LogP contribution in [0.4, 0.5) is 11.5 Å². The van der Waals surface area contributed by atoms with Crippen molar-refractivity contribution in [2.24, 2.45) is 0 Å². The van der Waals surface area contributed by atoms with Gasteiger partial charge in [-0.25, -0.2) is 9.97 Å². The van der Waals surface area contributed by atoms with E-state index in [1.165, 1.54) is 5.56 Å². The van der Waals surface area contributed by atoms with Gasteiger partial charge in [-0.3, -0.25) is 0 Å². The Hall–Kier alpha value is -2.10. The van der Waals surface area contributed by atoms with Crippen LogP contribution in [0, 0.1) is 13.8 Å². The quantitative estimate of drug-likeness (QED) is 0.906. The fourth-order valence-corrected chi connectivity index (χ4v) is 2.40. The lowest BCUT2D eigenvalue weighted by atomic mass is 10.2. The van der Waals surface area contributed by atoms with E-state index in [1.54, 1.807) is 0 Å². The van der Waals surface area contributed by atoms with Gasteiger partial charge in [0.1, 0.15) is 11.5 Å². The van der Waals surface area contributed by atoms with Crippen LogP contribution in [-0.4, -0.2) is 16.6 Å². The molecule has 1 aromatic carbocycles. The minimum absolute atomic E-state index is 0.795. The van der Waals surface area contributed by atoms with Crippen molar-refractivity contribution in [1.82, 2.24) is 9.97 Å². The van der Waals surface area contributed by atoms with Crippen molar-refractivity contribution < 1.29 is 0 Å². The Morgan fingerprint density at radius 1 is 1.10 bits per heavy atom. The van der Waals surface area contributed by atoms with Gasteiger partial charge in [0.05, 0.1) is 12.4 Å². The third-order valence-electron chi connectivity index (χ3n) is 3.14. The van der Waals surface area contributed by atoms with Gasteiger partial charge in [-0.2, -0.15) is 0 Å². The average molecular weight is 270 g/mol. The summed E-state index contributed by atoms with van der Waals surface area (Å²) >= 11 is 0. The highest BCUT2D eigenvalue weighted by Gasteiger charge is 2.23. The standard InChI is InChI=1S/C14H16N4.C2H6/c1-10-13-14(17-11(2)16-10)15-9-18(13)8-12-6-4-3-5-7-12;1-2/h3-7H,8-9H2,1-2H3,(H,15,16,17);1-2H3. The molecule has 0 radical (unpaired) electrons. The number of anilines is 2. The number of hydrogen-bond acceptors (Lipinski definition) is 4. The third-order valence-corrected chi connectivity index (χ3v) is 3.14. The smallest absolute Gasteiger partial charge is 0.155 e. The summed E-state index contributed by atoms with van der Waals surface area (Å²) in [5.41, 5.74) is 3.47. The molecule has 1 N–H and O–H groups in total. The fraction of sp³-hybridized carbons (Fsp3) is 0.375. The Morgan fingerprint density at radius 2 is 1.80 bits per heavy atom. The molecular formula is C16H22N4. The lowest BCUT2D eigenvalue weighted by Gasteiger charge is -2.19. The Kier molecular flexibility index (Phi) is 4.56. The number of nitrogens with zero attached hydrogens (tertiary/aromatic N) is 3. The van der Waals surface area contributed by atoms with E-state index in [2.05, 4.69) is 44.5 Å². The molecule has 0 saturated heterocycles. The number of aromatic nitrogens is 2. The van der Waals surface area contributed by atoms with Crippen molar-refractivity contribution in [2.45, 2.75) is 34.2 Å². The normalized spacial score (nSPS) is 12.3. The number of benzene rings is 1. The van der Waals surface area contributed by atoms with Crippen LogP contribution in [0.15, 0.2) is 30.3 Å². The molecule has 4 heteroatoms. The van der Waals surface area contributed by atoms with Crippen molar-refractivity contribution in [1.29, 1.82) is 0 Å². The second-order valence-corrected chi connectivity index (χ2v) is 4.57. The summed E-state index contributed by atoms with van der Waals surface area (Å²) in [7, 11) is 0. The highest BCUT2D eigenvalue weighted by molar-refractivity contribution is 5.73. The minimum Gasteiger partial charge on any atom is -0.351 e. The summed E-state index contributed by atoms with van der Waals surface area (Å²) < 4.78 is 0. The predicted octanol–water partition coefficient (Wildman–Crippen LogP) is 3.51. The van der Waals surface area contributed by atoms with Crippen molar-refractivity contribution in [3.63, 3.8) is 0 Å². The largest absolute Gasteiger partial charge is 0.351 e. The lowest BCUT2D eigenvalue weighted by Crippen LogP contribution is -2.22. The minimum atomic E-state index is 0.795. The SMILES string of the molecule is CC.Cc1nc(C)c2c(n1)NCN2Cc1ccccc1. The van der Waals surface area contributed by atoms with Crippen LogP contribution in [0.2, 0.25) is 0 Å². The maximum absolute atomic E-state index is 4.44. The monoisotopic (exact) mass is 270 g/mol. The Balaban J connectivity index is 0.000000704. The van der Waals surface area contributed by atoms with Gasteiger partial charge in [-0.05, 0) is 19.4 Å². The van der Waals surface area contributed by atoms with Crippen molar-refractivity contribution in [3.05, 3.63) is 47.4 Å². The second-order valence-electron chi connectivity index (χ2n) is 4.57. The molecule has 1 aliphatic heterocycles. The van der Waals surface area contributed by atoms with Crippen LogP contribution >= 0.6 is 0 Å². The molecule has 3 rings (SSSR count). The maximum atomic E-state index is 4.44. The van der Waals surface area contributed by atoms with Crippen molar-refractivity contribution in [2.75, 3.05) is 16.9 Å². The number of hydrogen-bond donors (Lipinski definition) is 1. The molecule has 0 spiro atoms. The highest BCUT2D eigenvalue weighted by atomic mass is 15.3. The molecule has 0 amide bonds. The van der Waals surface area contributed by atoms with Crippen LogP contribution < -0.4 is 10.2 Å². The zero-order chi connectivity index (χ0) is 14.5. The zero-order valence-corrected chi connectivity index (χ0v) is 12.6. The van der Waals surface area contributed by atoms with Crippen LogP contribution in [0.25, 0.3) is 0 Å². The van der Waals surface area contributed by atoms with Crippen LogP contribution in [0.1, 0.15) is 30.9 Å². The van der Waals surface area contributed by atoms with E-state index in [0.29, 0.717) is 0 Å². The summed E-state index contributed by atoms with van der Waals surface area (Å²) in [5, 5.41) is 3.33. The van der Waals surface area contributed by atoms with E-state index >= 15 is 0 Å². The van der Waals surface area contributed by atoms with Gasteiger partial charge < -0.3 is 10.2 Å². The molecule has 0 fully saturated rings. The average Bonchev–Trinajstić information content (AvgIpc) is 2.85. The Labute approximate surface area is 120 Å². The Morgan fingerprint density at radius 3 is 2.50 bits per heavy atom. The molecule has 2 heterocycles. The predicted molar refractivity (Wildman–Crippen MR) is 84.0 cm³/mol. The highest BCUT2D eigenvalue weighted by Crippen LogP contribution is 2.32. The molecule has 1 aliphatic rings. The van der Waals surface area contributed by atoms with E-state index in [9.17, 15) is 0 Å². The summed E-state index contributed by atoms with van der Waals surface area (Å²) in [6.07, 6.45) is 0. The summed E-state index contributed by atoms with van der Waals surface area (Å²) in [5.74, 6) is 1.77. The van der Waals surface area contributed by atoms with Gasteiger partial charge in [-0.15, -0.1) is 0 Å². The lowest BCUT2D eigenvalue weighted by molar-refractivity contribution is 0.863. The van der Waals surface area contributed by atoms with E-state index in [-0.39, 0.29) is 0 Å². The molecular weight excluding hydrogens is 248 g/mol. The molecule has 20 heavy (non-hydrogen) atoms. The number of fused-ring (bicyclic) bond motifs is 1. The van der Waals surface area contributed by atoms with Crippen LogP contribution in [0.5, 0.6) is 0 Å². The fourth-order valence-electron chi connectivity index (χ4n) is 2.40. The van der Waals surface area contributed by atoms with Crippen LogP contribution in [-0.2, 0) is 6.54 Å². The number of rotatable bonds is 2. The third kappa shape index (κ3) is 2.90. The first-order valence-corrected chi connectivity index (χ1v) is 7.12. The van der Waals surface area contributed by atoms with Crippen LogP contribution in [0.3, 0.4) is 0 Å². The van der Waals surface area contributed by atoms with Crippen molar-refractivity contribution in [3.8, 4) is 0 Å². The molecule has 0 saturated carbocycles. The molecule has 4 nitrogen and oxygen atoms in total. The Bertz CT molecular complexity index is 566. The van der Waals surface area contributed by atoms with E-state index in [1.807, 2.05) is 33.8 Å². The van der Waals surface area contributed by atoms with E-state index in [0.717, 1.165) is 36.2 Å². The van der Waals surface area contributed by atoms with Gasteiger partial charge >= 0.3 is 0 Å². The second kappa shape index (κ2) is 6.37. The first-order valence-electron chi connectivity index (χ1n) is 7.12. The topological polar surface area (TPSA) is 41.1 Å². The molecule has 0 aliphatic carbocycles. The molecule has 1 aromatic heterocycles. The maximum Gasteiger partial charge on any atom is 0.155 e. The van der Waals surface area contributed by atoms with E-state index in [4.69, 9.17) is 0 Å². The van der Waals surface area contributed by atoms with Gasteiger partial charge in [0.15, 0.2) is 5.82 Å². The summed E-state index contributed by atoms with van der Waals surface area (Å²) in [6, 6.07) is 10.5. The number of aryl methyl sites for hydroxylation is 2. The first-order chi connectivity index (χ1) is 9.74. The summed E-state index contributed by atoms with van der Waals surface area (Å²) in [6.45, 7) is 9.64. The van der Waals surface area contributed by atoms with Gasteiger partial charge in [-0.1, -0.05) is 44.2 Å². The van der Waals surface area contributed by atoms with Gasteiger partial charge in [0.25, 0.3) is 0 Å².